The van der Waals surface area contributed by atoms with Crippen molar-refractivity contribution in [2.24, 2.45) is 5.92 Å². The predicted molar refractivity (Wildman–Crippen MR) is 153 cm³/mol. The van der Waals surface area contributed by atoms with Crippen LogP contribution >= 0.6 is 0 Å². The zero-order valence-corrected chi connectivity index (χ0v) is 22.5. The molecule has 9 heteroatoms. The molecule has 2 aromatic heterocycles. The van der Waals surface area contributed by atoms with Crippen LogP contribution in [0.15, 0.2) is 60.4 Å². The first kappa shape index (κ1) is 24.2. The molecule has 197 valence electrons. The number of rotatable bonds is 5. The lowest BCUT2D eigenvalue weighted by atomic mass is 9.91. The quantitative estimate of drug-likeness (QED) is 0.401. The molecule has 1 saturated carbocycles. The average molecular weight is 519 g/mol. The molecule has 7 rings (SSSR count). The second kappa shape index (κ2) is 10.0. The lowest BCUT2D eigenvalue weighted by molar-refractivity contribution is -0.539. The molecule has 3 aliphatic heterocycles. The first-order valence-corrected chi connectivity index (χ1v) is 14.3. The Balaban J connectivity index is 1.29. The van der Waals surface area contributed by atoms with E-state index in [-0.39, 0.29) is 5.91 Å². The van der Waals surface area contributed by atoms with Crippen LogP contribution in [-0.2, 0) is 11.2 Å². The third kappa shape index (κ3) is 4.53. The highest BCUT2D eigenvalue weighted by atomic mass is 16.1. The molecule has 0 bridgehead atoms. The fourth-order valence-electron chi connectivity index (χ4n) is 6.57. The molecule has 0 unspecified atom stereocenters. The smallest absolute Gasteiger partial charge is 0.329 e. The van der Waals surface area contributed by atoms with E-state index in [1.807, 2.05) is 16.8 Å². The highest BCUT2D eigenvalue weighted by molar-refractivity contribution is 6.40. The minimum absolute atomic E-state index is 0.0682. The monoisotopic (exact) mass is 519 g/mol. The third-order valence-corrected chi connectivity index (χ3v) is 8.46. The van der Waals surface area contributed by atoms with Crippen molar-refractivity contribution in [1.29, 1.82) is 0 Å². The molecular formula is C30H34BN7O+. The average Bonchev–Trinajstić information content (AvgIpc) is 3.75. The molecule has 39 heavy (non-hydrogen) atoms. The SMILES string of the molecule is CC(=O)Nc1ccc(C2=C3C=CC(=[N+]4CCCCC4)N3[B]n3c2ccc3-n2cc(CC3CCCC3)nn2)cc1. The van der Waals surface area contributed by atoms with E-state index < -0.39 is 0 Å². The number of allylic oxidation sites excluding steroid dienone is 1. The van der Waals surface area contributed by atoms with E-state index in [4.69, 9.17) is 0 Å². The summed E-state index contributed by atoms with van der Waals surface area (Å²) in [6.07, 6.45) is 16.6. The lowest BCUT2D eigenvalue weighted by Gasteiger charge is -2.27. The summed E-state index contributed by atoms with van der Waals surface area (Å²) in [5.74, 6) is 2.87. The molecule has 0 spiro atoms. The number of nitrogens with zero attached hydrogens (tertiary/aromatic N) is 6. The Morgan fingerprint density at radius 2 is 1.82 bits per heavy atom. The topological polar surface area (TPSA) is 71.0 Å². The van der Waals surface area contributed by atoms with Gasteiger partial charge in [0, 0.05) is 30.0 Å². The Bertz CT molecular complexity index is 1500. The van der Waals surface area contributed by atoms with Crippen molar-refractivity contribution in [3.8, 4) is 5.82 Å². The Hall–Kier alpha value is -3.88. The number of amidine groups is 1. The van der Waals surface area contributed by atoms with Gasteiger partial charge in [-0.05, 0) is 67.5 Å². The lowest BCUT2D eigenvalue weighted by Crippen LogP contribution is -2.43. The first-order chi connectivity index (χ1) is 19.1. The summed E-state index contributed by atoms with van der Waals surface area (Å²) in [5, 5.41) is 12.0. The van der Waals surface area contributed by atoms with Crippen molar-refractivity contribution in [3.63, 3.8) is 0 Å². The van der Waals surface area contributed by atoms with Gasteiger partial charge in [0.25, 0.3) is 5.84 Å². The van der Waals surface area contributed by atoms with Gasteiger partial charge in [-0.15, -0.1) is 5.10 Å². The van der Waals surface area contributed by atoms with Crippen LogP contribution < -0.4 is 5.32 Å². The maximum atomic E-state index is 11.6. The van der Waals surface area contributed by atoms with E-state index in [1.54, 1.807) is 0 Å². The maximum Gasteiger partial charge on any atom is 0.553 e. The number of fused-ring (bicyclic) bond motifs is 2. The zero-order chi connectivity index (χ0) is 26.3. The van der Waals surface area contributed by atoms with Crippen LogP contribution in [0.2, 0.25) is 0 Å². The Morgan fingerprint density at radius 1 is 1.03 bits per heavy atom. The van der Waals surface area contributed by atoms with Crippen molar-refractivity contribution in [3.05, 3.63) is 77.4 Å². The van der Waals surface area contributed by atoms with Gasteiger partial charge in [-0.2, -0.15) is 0 Å². The first-order valence-electron chi connectivity index (χ1n) is 14.3. The molecule has 2 fully saturated rings. The number of hydrogen-bond acceptors (Lipinski definition) is 3. The number of aromatic nitrogens is 4. The van der Waals surface area contributed by atoms with Gasteiger partial charge in [0.1, 0.15) is 11.5 Å². The minimum atomic E-state index is -0.0682. The van der Waals surface area contributed by atoms with Crippen LogP contribution in [0.3, 0.4) is 0 Å². The van der Waals surface area contributed by atoms with E-state index in [0.29, 0.717) is 0 Å². The molecule has 1 aromatic carbocycles. The van der Waals surface area contributed by atoms with Crippen LogP contribution in [0.4, 0.5) is 5.69 Å². The molecule has 1 aliphatic carbocycles. The molecule has 4 aliphatic rings. The van der Waals surface area contributed by atoms with E-state index in [1.165, 1.54) is 63.4 Å². The van der Waals surface area contributed by atoms with Gasteiger partial charge in [-0.25, -0.2) is 4.68 Å². The second-order valence-corrected chi connectivity index (χ2v) is 11.2. The molecule has 8 nitrogen and oxygen atoms in total. The van der Waals surface area contributed by atoms with Crippen LogP contribution in [0.1, 0.15) is 68.8 Å². The van der Waals surface area contributed by atoms with Gasteiger partial charge < -0.3 is 9.79 Å². The fraction of sp³-hybridized carbons (Fsp3) is 0.400. The minimum Gasteiger partial charge on any atom is -0.329 e. The van der Waals surface area contributed by atoms with Crippen molar-refractivity contribution in [1.82, 2.24) is 24.3 Å². The van der Waals surface area contributed by atoms with Gasteiger partial charge in [0.05, 0.1) is 25.0 Å². The fourth-order valence-corrected chi connectivity index (χ4v) is 6.57. The van der Waals surface area contributed by atoms with Gasteiger partial charge >= 0.3 is 7.55 Å². The normalized spacial score (nSPS) is 18.9. The molecule has 1 amide bonds. The second-order valence-electron chi connectivity index (χ2n) is 11.2. The van der Waals surface area contributed by atoms with E-state index in [0.717, 1.165) is 59.5 Å². The van der Waals surface area contributed by atoms with Crippen LogP contribution in [-0.4, -0.2) is 61.2 Å². The Labute approximate surface area is 230 Å². The molecule has 1 saturated heterocycles. The summed E-state index contributed by atoms with van der Waals surface area (Å²) in [7, 11) is 2.21. The summed E-state index contributed by atoms with van der Waals surface area (Å²) in [5.41, 5.74) is 6.41. The maximum absolute atomic E-state index is 11.6. The molecule has 5 heterocycles. The zero-order valence-electron chi connectivity index (χ0n) is 22.5. The van der Waals surface area contributed by atoms with Gasteiger partial charge in [-0.1, -0.05) is 43.0 Å². The van der Waals surface area contributed by atoms with E-state index in [9.17, 15) is 4.79 Å². The summed E-state index contributed by atoms with van der Waals surface area (Å²) in [6, 6.07) is 12.5. The molecule has 1 radical (unpaired) electrons. The van der Waals surface area contributed by atoms with E-state index >= 15 is 0 Å². The largest absolute Gasteiger partial charge is 0.553 e. The van der Waals surface area contributed by atoms with Gasteiger partial charge in [0.2, 0.25) is 5.91 Å². The van der Waals surface area contributed by atoms with E-state index in [2.05, 4.69) is 79.7 Å². The number of carbonyl (C=O) groups excluding carboxylic acids is 1. The van der Waals surface area contributed by atoms with Crippen LogP contribution in [0, 0.1) is 5.92 Å². The number of hydrogen-bond donors (Lipinski definition) is 1. The number of benzene rings is 1. The number of carbonyl (C=O) groups is 1. The number of piperidine rings is 1. The predicted octanol–water partition coefficient (Wildman–Crippen LogP) is 4.38. The summed E-state index contributed by atoms with van der Waals surface area (Å²) in [6.45, 7) is 3.69. The molecule has 0 atom stereocenters. The van der Waals surface area contributed by atoms with Gasteiger partial charge in [-0.3, -0.25) is 14.2 Å². The number of nitrogens with one attached hydrogen (secondary N) is 1. The van der Waals surface area contributed by atoms with Crippen LogP contribution in [0.5, 0.6) is 0 Å². The number of amides is 1. The van der Waals surface area contributed by atoms with Crippen molar-refractivity contribution in [2.45, 2.75) is 58.3 Å². The Morgan fingerprint density at radius 3 is 2.59 bits per heavy atom. The van der Waals surface area contributed by atoms with Crippen molar-refractivity contribution in [2.75, 3.05) is 18.4 Å². The van der Waals surface area contributed by atoms with Crippen molar-refractivity contribution >= 4 is 30.6 Å². The highest BCUT2D eigenvalue weighted by Crippen LogP contribution is 2.37. The summed E-state index contributed by atoms with van der Waals surface area (Å²) >= 11 is 0. The Kier molecular flexibility index (Phi) is 6.21. The summed E-state index contributed by atoms with van der Waals surface area (Å²) < 4.78 is 6.67. The molecule has 3 aromatic rings. The molecular weight excluding hydrogens is 485 g/mol. The van der Waals surface area contributed by atoms with Crippen molar-refractivity contribution < 1.29 is 9.37 Å². The number of anilines is 1. The molecule has 1 N–H and O–H groups in total. The summed E-state index contributed by atoms with van der Waals surface area (Å²) in [4.78, 5) is 13.9. The van der Waals surface area contributed by atoms with Gasteiger partial charge in [0.15, 0.2) is 0 Å². The standard InChI is InChI=1S/C30H33BN7O/c1-21(39)32-24-11-9-23(10-12-24)30-26-13-15-28(35-17-5-2-6-18-35)37(26)31-38-27(30)14-16-29(38)36-20-25(33-34-36)19-22-7-3-4-8-22/h9-16,20,22H,2-8,17-19H2,1H3/p+1. The highest BCUT2D eigenvalue weighted by Gasteiger charge is 2.40. The van der Waals surface area contributed by atoms with Crippen LogP contribution in [0.25, 0.3) is 11.4 Å². The third-order valence-electron chi connectivity index (χ3n) is 8.46.